The smallest absolute Gasteiger partial charge is 0.187 e. The molecule has 0 bridgehead atoms. The molecule has 2 rings (SSSR count). The number of nitrogens with zero attached hydrogens (tertiary/aromatic N) is 4. The van der Waals surface area contributed by atoms with Gasteiger partial charge in [0, 0.05) is 11.3 Å². The number of halogens is 1. The summed E-state index contributed by atoms with van der Waals surface area (Å²) in [5, 5.41) is 12.5. The second kappa shape index (κ2) is 6.02. The summed E-state index contributed by atoms with van der Waals surface area (Å²) in [6, 6.07) is 6.20. The SMILES string of the molecule is Cc1ccc(-n2nnnc2SCC=CCl)c(C)c1. The van der Waals surface area contributed by atoms with Crippen molar-refractivity contribution >= 4 is 23.4 Å². The van der Waals surface area contributed by atoms with Gasteiger partial charge in [-0.15, -0.1) is 5.10 Å². The van der Waals surface area contributed by atoms with Crippen LogP contribution in [0.4, 0.5) is 0 Å². The van der Waals surface area contributed by atoms with Gasteiger partial charge in [-0.2, -0.15) is 4.68 Å². The Morgan fingerprint density at radius 2 is 2.22 bits per heavy atom. The first-order valence-electron chi connectivity index (χ1n) is 5.46. The van der Waals surface area contributed by atoms with Crippen molar-refractivity contribution in [1.29, 1.82) is 0 Å². The van der Waals surface area contributed by atoms with E-state index < -0.39 is 0 Å². The molecule has 0 aliphatic carbocycles. The lowest BCUT2D eigenvalue weighted by Gasteiger charge is -2.07. The Balaban J connectivity index is 2.30. The maximum atomic E-state index is 5.49. The van der Waals surface area contributed by atoms with Crippen LogP contribution in [0.5, 0.6) is 0 Å². The number of thioether (sulfide) groups is 1. The highest BCUT2D eigenvalue weighted by molar-refractivity contribution is 7.99. The van der Waals surface area contributed by atoms with Gasteiger partial charge in [0.05, 0.1) is 5.69 Å². The first-order chi connectivity index (χ1) is 8.72. The van der Waals surface area contributed by atoms with Gasteiger partial charge in [0.2, 0.25) is 5.16 Å². The van der Waals surface area contributed by atoms with Crippen molar-refractivity contribution in [3.05, 3.63) is 40.9 Å². The molecule has 1 aromatic heterocycles. The largest absolute Gasteiger partial charge is 0.214 e. The number of benzene rings is 1. The van der Waals surface area contributed by atoms with Crippen molar-refractivity contribution in [2.75, 3.05) is 5.75 Å². The lowest BCUT2D eigenvalue weighted by atomic mass is 10.1. The molecule has 0 aliphatic heterocycles. The third kappa shape index (κ3) is 2.91. The normalized spacial score (nSPS) is 11.3. The van der Waals surface area contributed by atoms with Crippen LogP contribution in [0.2, 0.25) is 0 Å². The number of tetrazole rings is 1. The van der Waals surface area contributed by atoms with Gasteiger partial charge >= 0.3 is 0 Å². The molecule has 0 radical (unpaired) electrons. The Bertz CT molecular complexity index is 565. The lowest BCUT2D eigenvalue weighted by molar-refractivity contribution is 0.752. The van der Waals surface area contributed by atoms with Crippen LogP contribution in [-0.2, 0) is 0 Å². The number of aryl methyl sites for hydroxylation is 2. The average Bonchev–Trinajstić information content (AvgIpc) is 2.78. The molecule has 4 nitrogen and oxygen atoms in total. The third-order valence-corrected chi connectivity index (χ3v) is 3.47. The van der Waals surface area contributed by atoms with Crippen LogP contribution in [0.3, 0.4) is 0 Å². The van der Waals surface area contributed by atoms with E-state index >= 15 is 0 Å². The van der Waals surface area contributed by atoms with Crippen molar-refractivity contribution in [3.63, 3.8) is 0 Å². The van der Waals surface area contributed by atoms with E-state index in [9.17, 15) is 0 Å². The third-order valence-electron chi connectivity index (χ3n) is 2.42. The van der Waals surface area contributed by atoms with Crippen LogP contribution in [0.15, 0.2) is 35.0 Å². The maximum absolute atomic E-state index is 5.49. The number of aromatic nitrogens is 4. The van der Waals surface area contributed by atoms with Crippen LogP contribution in [0.25, 0.3) is 5.69 Å². The van der Waals surface area contributed by atoms with E-state index in [0.29, 0.717) is 0 Å². The second-order valence-corrected chi connectivity index (χ2v) is 5.08. The van der Waals surface area contributed by atoms with Gasteiger partial charge in [-0.25, -0.2) is 0 Å². The molecule has 1 aromatic carbocycles. The summed E-state index contributed by atoms with van der Waals surface area (Å²) in [5.74, 6) is 0.745. The van der Waals surface area contributed by atoms with Crippen molar-refractivity contribution < 1.29 is 0 Å². The van der Waals surface area contributed by atoms with E-state index in [1.165, 1.54) is 11.1 Å². The molecule has 0 N–H and O–H groups in total. The fraction of sp³-hybridized carbons (Fsp3) is 0.250. The van der Waals surface area contributed by atoms with Gasteiger partial charge in [-0.05, 0) is 35.9 Å². The highest BCUT2D eigenvalue weighted by atomic mass is 35.5. The highest BCUT2D eigenvalue weighted by Gasteiger charge is 2.10. The summed E-state index contributed by atoms with van der Waals surface area (Å²) < 4.78 is 1.75. The molecule has 1 heterocycles. The number of hydrogen-bond donors (Lipinski definition) is 0. The van der Waals surface area contributed by atoms with E-state index in [1.54, 1.807) is 16.4 Å². The molecule has 0 amide bonds. The first-order valence-corrected chi connectivity index (χ1v) is 6.88. The standard InChI is InChI=1S/C12H13ClN4S/c1-9-4-5-11(10(2)8-9)17-12(14-15-16-17)18-7-3-6-13/h3-6,8H,7H2,1-2H3. The van der Waals surface area contributed by atoms with Gasteiger partial charge < -0.3 is 0 Å². The zero-order chi connectivity index (χ0) is 13.0. The maximum Gasteiger partial charge on any atom is 0.214 e. The number of hydrogen-bond acceptors (Lipinski definition) is 4. The number of rotatable bonds is 4. The zero-order valence-electron chi connectivity index (χ0n) is 10.2. The fourth-order valence-electron chi connectivity index (χ4n) is 1.62. The molecule has 2 aromatic rings. The van der Waals surface area contributed by atoms with Gasteiger partial charge in [0.25, 0.3) is 0 Å². The summed E-state index contributed by atoms with van der Waals surface area (Å²) in [6.45, 7) is 4.12. The van der Waals surface area contributed by atoms with Crippen LogP contribution in [0.1, 0.15) is 11.1 Å². The minimum Gasteiger partial charge on any atom is -0.187 e. The molecular formula is C12H13ClN4S. The van der Waals surface area contributed by atoms with Crippen molar-refractivity contribution in [2.45, 2.75) is 19.0 Å². The predicted molar refractivity (Wildman–Crippen MR) is 74.3 cm³/mol. The lowest BCUT2D eigenvalue weighted by Crippen LogP contribution is -2.01. The zero-order valence-corrected chi connectivity index (χ0v) is 11.7. The molecule has 94 valence electrons. The first kappa shape index (κ1) is 13.1. The average molecular weight is 281 g/mol. The molecule has 0 unspecified atom stereocenters. The van der Waals surface area contributed by atoms with Crippen LogP contribution < -0.4 is 0 Å². The summed E-state index contributed by atoms with van der Waals surface area (Å²) in [6.07, 6.45) is 1.85. The molecule has 0 saturated carbocycles. The fourth-order valence-corrected chi connectivity index (χ4v) is 2.51. The summed E-state index contributed by atoms with van der Waals surface area (Å²) in [5.41, 5.74) is 4.88. The summed E-state index contributed by atoms with van der Waals surface area (Å²) in [7, 11) is 0. The monoisotopic (exact) mass is 280 g/mol. The second-order valence-electron chi connectivity index (χ2n) is 3.84. The van der Waals surface area contributed by atoms with Crippen LogP contribution in [-0.4, -0.2) is 26.0 Å². The van der Waals surface area contributed by atoms with Crippen LogP contribution >= 0.6 is 23.4 Å². The summed E-state index contributed by atoms with van der Waals surface area (Å²) >= 11 is 7.03. The molecular weight excluding hydrogens is 268 g/mol. The molecule has 0 aliphatic rings. The minimum absolute atomic E-state index is 0.745. The minimum atomic E-state index is 0.745. The Labute approximate surface area is 115 Å². The molecule has 0 atom stereocenters. The highest BCUT2D eigenvalue weighted by Crippen LogP contribution is 2.21. The molecule has 6 heteroatoms. The van der Waals surface area contributed by atoms with Gasteiger partial charge in [0.1, 0.15) is 0 Å². The molecule has 0 fully saturated rings. The van der Waals surface area contributed by atoms with E-state index in [1.807, 2.05) is 12.1 Å². The van der Waals surface area contributed by atoms with Crippen molar-refractivity contribution in [1.82, 2.24) is 20.2 Å². The summed E-state index contributed by atoms with van der Waals surface area (Å²) in [4.78, 5) is 0. The Hall–Kier alpha value is -1.33. The molecule has 0 spiro atoms. The van der Waals surface area contributed by atoms with Crippen molar-refractivity contribution in [2.24, 2.45) is 0 Å². The Morgan fingerprint density at radius 1 is 1.39 bits per heavy atom. The van der Waals surface area contributed by atoms with Crippen molar-refractivity contribution in [3.8, 4) is 5.69 Å². The molecule has 0 saturated heterocycles. The molecule has 18 heavy (non-hydrogen) atoms. The van der Waals surface area contributed by atoms with Gasteiger partial charge in [0.15, 0.2) is 0 Å². The van der Waals surface area contributed by atoms with E-state index in [4.69, 9.17) is 11.6 Å². The predicted octanol–water partition coefficient (Wildman–Crippen LogP) is 3.12. The Kier molecular flexibility index (Phi) is 4.38. The topological polar surface area (TPSA) is 43.6 Å². The van der Waals surface area contributed by atoms with E-state index in [-0.39, 0.29) is 0 Å². The van der Waals surface area contributed by atoms with E-state index in [2.05, 4.69) is 41.5 Å². The Morgan fingerprint density at radius 3 is 2.94 bits per heavy atom. The van der Waals surface area contributed by atoms with Gasteiger partial charge in [-0.3, -0.25) is 0 Å². The van der Waals surface area contributed by atoms with Crippen LogP contribution in [0, 0.1) is 13.8 Å². The van der Waals surface area contributed by atoms with E-state index in [0.717, 1.165) is 22.2 Å². The van der Waals surface area contributed by atoms with Gasteiger partial charge in [-0.1, -0.05) is 47.1 Å². The quantitative estimate of drug-likeness (QED) is 0.807.